The highest BCUT2D eigenvalue weighted by Crippen LogP contribution is 2.31. The smallest absolute Gasteiger partial charge is 0.232 e. The number of nitrogens with zero attached hydrogens (tertiary/aromatic N) is 2. The van der Waals surface area contributed by atoms with Gasteiger partial charge in [0, 0.05) is 18.3 Å². The quantitative estimate of drug-likeness (QED) is 0.252. The van der Waals surface area contributed by atoms with Crippen LogP contribution in [0, 0.1) is 13.1 Å². The van der Waals surface area contributed by atoms with E-state index in [9.17, 15) is 0 Å². The molecule has 0 amide bonds. The van der Waals surface area contributed by atoms with Crippen LogP contribution in [-0.4, -0.2) is 29.7 Å². The maximum atomic E-state index is 6.00. The van der Waals surface area contributed by atoms with Crippen LogP contribution in [0.15, 0.2) is 54.7 Å². The van der Waals surface area contributed by atoms with E-state index >= 15 is 0 Å². The average molecular weight is 625 g/mol. The molecule has 156 valence electrons. The molecule has 2 heterocycles. The van der Waals surface area contributed by atoms with Gasteiger partial charge in [-0.15, -0.1) is 0 Å². The van der Waals surface area contributed by atoms with Gasteiger partial charge in [-0.2, -0.15) is 0 Å². The molecular weight excluding hydrogens is 600 g/mol. The lowest BCUT2D eigenvalue weighted by molar-refractivity contribution is 0.266. The van der Waals surface area contributed by atoms with Gasteiger partial charge in [0.1, 0.15) is 5.69 Å². The summed E-state index contributed by atoms with van der Waals surface area (Å²) in [6.07, 6.45) is 6.60. The second-order valence-corrected chi connectivity index (χ2v) is 10.1. The first-order valence-electron chi connectivity index (χ1n) is 10.4. The number of hydrogen-bond donors (Lipinski definition) is 1. The van der Waals surface area contributed by atoms with Gasteiger partial charge in [0.05, 0.1) is 18.5 Å². The van der Waals surface area contributed by atoms with Crippen LogP contribution in [-0.2, 0) is 0 Å². The summed E-state index contributed by atoms with van der Waals surface area (Å²) in [6.45, 7) is 2.99. The number of hydrogen-bond acceptors (Lipinski definition) is 4. The summed E-state index contributed by atoms with van der Waals surface area (Å²) in [5.74, 6) is 1.43. The zero-order valence-electron chi connectivity index (χ0n) is 16.8. The van der Waals surface area contributed by atoms with E-state index in [0.29, 0.717) is 12.5 Å². The topological polar surface area (TPSA) is 47.0 Å². The van der Waals surface area contributed by atoms with E-state index in [0.717, 1.165) is 47.9 Å². The van der Waals surface area contributed by atoms with Crippen molar-refractivity contribution in [1.29, 1.82) is 0 Å². The normalized spacial score (nSPS) is 14.6. The molecule has 0 atom stereocenters. The number of halogens is 2. The Balaban J connectivity index is 1.51. The molecule has 0 bridgehead atoms. The Morgan fingerprint density at radius 1 is 0.867 bits per heavy atom. The molecule has 4 nitrogen and oxygen atoms in total. The zero-order chi connectivity index (χ0) is 20.8. The van der Waals surface area contributed by atoms with Gasteiger partial charge in [0.15, 0.2) is 0 Å². The predicted molar refractivity (Wildman–Crippen MR) is 139 cm³/mol. The van der Waals surface area contributed by atoms with E-state index in [4.69, 9.17) is 14.7 Å². The highest BCUT2D eigenvalue weighted by Gasteiger charge is 2.15. The van der Waals surface area contributed by atoms with Crippen molar-refractivity contribution >= 4 is 45.2 Å². The summed E-state index contributed by atoms with van der Waals surface area (Å²) in [5, 5.41) is 3.43. The second-order valence-electron chi connectivity index (χ2n) is 7.60. The van der Waals surface area contributed by atoms with Crippen LogP contribution in [0.4, 0.5) is 0 Å². The molecule has 0 spiro atoms. The van der Waals surface area contributed by atoms with Gasteiger partial charge >= 0.3 is 0 Å². The van der Waals surface area contributed by atoms with E-state index in [1.165, 1.54) is 26.4 Å². The standard InChI is InChI=1S/C24H25I2N3O/c25-20-7-3-18(4-8-20)23-24(19-5-9-21(26)10-6-19)29-22(16-28-23)30-15-1-2-17-11-13-27-14-12-17/h3-10,16-17,27H,1-2,11-15H2. The fraction of sp³-hybridized carbons (Fsp3) is 0.333. The van der Waals surface area contributed by atoms with Crippen LogP contribution in [0.2, 0.25) is 0 Å². The SMILES string of the molecule is Ic1ccc(-c2ncc(OCCCC3CCNCC3)nc2-c2ccc(I)cc2)cc1. The number of piperidine rings is 1. The van der Waals surface area contributed by atoms with Gasteiger partial charge in [-0.05, 0) is 114 Å². The molecule has 2 aromatic carbocycles. The van der Waals surface area contributed by atoms with Gasteiger partial charge in [-0.25, -0.2) is 9.97 Å². The average Bonchev–Trinajstić information content (AvgIpc) is 2.79. The van der Waals surface area contributed by atoms with Crippen LogP contribution in [0.5, 0.6) is 5.88 Å². The maximum Gasteiger partial charge on any atom is 0.232 e. The molecule has 6 heteroatoms. The van der Waals surface area contributed by atoms with Crippen molar-refractivity contribution < 1.29 is 4.74 Å². The lowest BCUT2D eigenvalue weighted by Gasteiger charge is -2.22. The minimum atomic E-state index is 0.600. The molecule has 0 aliphatic carbocycles. The first kappa shape index (κ1) is 22.0. The third-order valence-electron chi connectivity index (χ3n) is 5.45. The molecule has 1 aliphatic heterocycles. The summed E-state index contributed by atoms with van der Waals surface area (Å²) < 4.78 is 8.40. The summed E-state index contributed by atoms with van der Waals surface area (Å²) in [4.78, 5) is 9.60. The molecule has 0 radical (unpaired) electrons. The predicted octanol–water partition coefficient (Wildman–Crippen LogP) is 6.18. The number of rotatable bonds is 7. The van der Waals surface area contributed by atoms with Gasteiger partial charge in [-0.1, -0.05) is 24.3 Å². The van der Waals surface area contributed by atoms with Crippen molar-refractivity contribution in [3.05, 3.63) is 61.9 Å². The molecule has 1 aliphatic rings. The molecule has 1 aromatic heterocycles. The second kappa shape index (κ2) is 10.9. The Hall–Kier alpha value is -1.26. The van der Waals surface area contributed by atoms with Gasteiger partial charge in [0.2, 0.25) is 5.88 Å². The van der Waals surface area contributed by atoms with Crippen molar-refractivity contribution in [2.75, 3.05) is 19.7 Å². The third-order valence-corrected chi connectivity index (χ3v) is 6.89. The fourth-order valence-corrected chi connectivity index (χ4v) is 4.51. The summed E-state index contributed by atoms with van der Waals surface area (Å²) >= 11 is 4.64. The Bertz CT molecular complexity index is 955. The lowest BCUT2D eigenvalue weighted by Crippen LogP contribution is -2.27. The first-order chi connectivity index (χ1) is 14.7. The van der Waals surface area contributed by atoms with Crippen molar-refractivity contribution in [2.24, 2.45) is 5.92 Å². The monoisotopic (exact) mass is 625 g/mol. The number of aromatic nitrogens is 2. The fourth-order valence-electron chi connectivity index (χ4n) is 3.79. The van der Waals surface area contributed by atoms with Gasteiger partial charge in [0.25, 0.3) is 0 Å². The third kappa shape index (κ3) is 5.91. The Labute approximate surface area is 205 Å². The number of nitrogens with one attached hydrogen (secondary N) is 1. The first-order valence-corrected chi connectivity index (χ1v) is 12.6. The molecule has 0 unspecified atom stereocenters. The zero-order valence-corrected chi connectivity index (χ0v) is 21.1. The maximum absolute atomic E-state index is 6.00. The summed E-state index contributed by atoms with van der Waals surface area (Å²) in [7, 11) is 0. The van der Waals surface area contributed by atoms with E-state index in [1.54, 1.807) is 6.20 Å². The molecule has 3 aromatic rings. The summed E-state index contributed by atoms with van der Waals surface area (Å²) in [6, 6.07) is 16.8. The highest BCUT2D eigenvalue weighted by molar-refractivity contribution is 14.1. The van der Waals surface area contributed by atoms with Crippen molar-refractivity contribution in [3.63, 3.8) is 0 Å². The lowest BCUT2D eigenvalue weighted by atomic mass is 9.93. The van der Waals surface area contributed by atoms with Crippen LogP contribution in [0.25, 0.3) is 22.5 Å². The number of benzene rings is 2. The van der Waals surface area contributed by atoms with Crippen LogP contribution in [0.3, 0.4) is 0 Å². The van der Waals surface area contributed by atoms with Crippen LogP contribution in [0.1, 0.15) is 25.7 Å². The van der Waals surface area contributed by atoms with Crippen LogP contribution < -0.4 is 10.1 Å². The van der Waals surface area contributed by atoms with E-state index in [1.807, 2.05) is 0 Å². The minimum Gasteiger partial charge on any atom is -0.477 e. The van der Waals surface area contributed by atoms with Crippen LogP contribution >= 0.6 is 45.2 Å². The van der Waals surface area contributed by atoms with Crippen molar-refractivity contribution in [1.82, 2.24) is 15.3 Å². The molecule has 1 saturated heterocycles. The molecule has 0 saturated carbocycles. The molecule has 1 N–H and O–H groups in total. The Morgan fingerprint density at radius 2 is 1.47 bits per heavy atom. The summed E-state index contributed by atoms with van der Waals surface area (Å²) in [5.41, 5.74) is 3.86. The van der Waals surface area contributed by atoms with Gasteiger partial charge in [-0.3, -0.25) is 0 Å². The van der Waals surface area contributed by atoms with E-state index < -0.39 is 0 Å². The van der Waals surface area contributed by atoms with E-state index in [2.05, 4.69) is 99.0 Å². The Morgan fingerprint density at radius 3 is 2.10 bits per heavy atom. The molecule has 1 fully saturated rings. The molecule has 4 rings (SSSR count). The highest BCUT2D eigenvalue weighted by atomic mass is 127. The minimum absolute atomic E-state index is 0.600. The van der Waals surface area contributed by atoms with Gasteiger partial charge < -0.3 is 10.1 Å². The Kier molecular flexibility index (Phi) is 7.95. The molecular formula is C24H25I2N3O. The van der Waals surface area contributed by atoms with Crippen molar-refractivity contribution in [2.45, 2.75) is 25.7 Å². The molecule has 30 heavy (non-hydrogen) atoms. The van der Waals surface area contributed by atoms with E-state index in [-0.39, 0.29) is 0 Å². The largest absolute Gasteiger partial charge is 0.477 e. The number of ether oxygens (including phenoxy) is 1. The van der Waals surface area contributed by atoms with Crippen molar-refractivity contribution in [3.8, 4) is 28.4 Å².